The summed E-state index contributed by atoms with van der Waals surface area (Å²) < 4.78 is 5.40. The number of nitrogens with zero attached hydrogens (tertiary/aromatic N) is 1. The second-order valence-electron chi connectivity index (χ2n) is 6.88. The zero-order valence-electron chi connectivity index (χ0n) is 14.5. The number of fused-ring (bicyclic) bond motifs is 2. The van der Waals surface area contributed by atoms with Crippen LogP contribution in [0.3, 0.4) is 0 Å². The Hall–Kier alpha value is -2.17. The molecular weight excluding hydrogens is 312 g/mol. The van der Waals surface area contributed by atoms with Gasteiger partial charge in [-0.3, -0.25) is 9.69 Å². The first-order valence-electron chi connectivity index (χ1n) is 9.06. The maximum atomic E-state index is 12.3. The van der Waals surface area contributed by atoms with Crippen LogP contribution in [0.1, 0.15) is 39.0 Å². The van der Waals surface area contributed by atoms with Crippen molar-refractivity contribution in [3.63, 3.8) is 0 Å². The maximum Gasteiger partial charge on any atom is 0.251 e. The topological polar surface area (TPSA) is 41.6 Å². The highest BCUT2D eigenvalue weighted by Crippen LogP contribution is 2.21. The first-order valence-corrected chi connectivity index (χ1v) is 9.06. The van der Waals surface area contributed by atoms with E-state index in [1.165, 1.54) is 16.7 Å². The number of hydrogen-bond acceptors (Lipinski definition) is 3. The van der Waals surface area contributed by atoms with Gasteiger partial charge < -0.3 is 10.1 Å². The highest BCUT2D eigenvalue weighted by Gasteiger charge is 2.16. The number of nitrogens with one attached hydrogen (secondary N) is 1. The Kier molecular flexibility index (Phi) is 4.81. The van der Waals surface area contributed by atoms with Gasteiger partial charge in [-0.25, -0.2) is 0 Å². The average molecular weight is 336 g/mol. The molecule has 1 N–H and O–H groups in total. The van der Waals surface area contributed by atoms with E-state index in [1.54, 1.807) is 0 Å². The molecule has 4 heteroatoms. The molecule has 0 unspecified atom stereocenters. The Morgan fingerprint density at radius 1 is 1.04 bits per heavy atom. The van der Waals surface area contributed by atoms with Crippen LogP contribution in [0, 0.1) is 0 Å². The summed E-state index contributed by atoms with van der Waals surface area (Å²) in [4.78, 5) is 14.8. The van der Waals surface area contributed by atoms with E-state index in [0.717, 1.165) is 43.6 Å². The standard InChI is InChI=1S/C21H24N2O2/c24-21(17-6-7-19-14-25-15-20(19)12-17)22-9-3-10-23-11-8-16-4-1-2-5-18(16)13-23/h1-2,4-7,12H,3,8-11,13-15H2,(H,22,24). The third-order valence-corrected chi connectivity index (χ3v) is 5.13. The van der Waals surface area contributed by atoms with Gasteiger partial charge in [0, 0.05) is 31.7 Å². The molecular formula is C21H24N2O2. The predicted octanol–water partition coefficient (Wildman–Crippen LogP) is 2.90. The van der Waals surface area contributed by atoms with Crippen LogP contribution >= 0.6 is 0 Å². The highest BCUT2D eigenvalue weighted by molar-refractivity contribution is 5.94. The molecule has 4 rings (SSSR count). The number of hydrogen-bond donors (Lipinski definition) is 1. The van der Waals surface area contributed by atoms with Gasteiger partial charge in [0.2, 0.25) is 0 Å². The summed E-state index contributed by atoms with van der Waals surface area (Å²) in [5, 5.41) is 3.04. The summed E-state index contributed by atoms with van der Waals surface area (Å²) in [5.74, 6) is 0.0127. The van der Waals surface area contributed by atoms with Gasteiger partial charge in [-0.2, -0.15) is 0 Å². The largest absolute Gasteiger partial charge is 0.372 e. The lowest BCUT2D eigenvalue weighted by atomic mass is 10.00. The molecule has 0 saturated heterocycles. The van der Waals surface area contributed by atoms with E-state index in [1.807, 2.05) is 18.2 Å². The first-order chi connectivity index (χ1) is 12.3. The van der Waals surface area contributed by atoms with Crippen molar-refractivity contribution in [3.05, 3.63) is 70.3 Å². The van der Waals surface area contributed by atoms with Crippen LogP contribution in [-0.2, 0) is 30.9 Å². The third kappa shape index (κ3) is 3.75. The summed E-state index contributed by atoms with van der Waals surface area (Å²) in [6.45, 7) is 5.14. The Bertz CT molecular complexity index is 772. The number of amides is 1. The van der Waals surface area contributed by atoms with Crippen molar-refractivity contribution in [2.24, 2.45) is 0 Å². The minimum atomic E-state index is 0.0127. The normalized spacial score (nSPS) is 16.3. The Labute approximate surface area is 148 Å². The minimum absolute atomic E-state index is 0.0127. The van der Waals surface area contributed by atoms with E-state index in [2.05, 4.69) is 34.5 Å². The van der Waals surface area contributed by atoms with E-state index in [0.29, 0.717) is 19.8 Å². The van der Waals surface area contributed by atoms with E-state index in [9.17, 15) is 4.79 Å². The molecule has 2 aliphatic heterocycles. The zero-order valence-corrected chi connectivity index (χ0v) is 14.5. The Balaban J connectivity index is 1.23. The van der Waals surface area contributed by atoms with Crippen molar-refractivity contribution in [1.82, 2.24) is 10.2 Å². The molecule has 0 bridgehead atoms. The molecule has 1 amide bonds. The average Bonchev–Trinajstić information content (AvgIpc) is 3.12. The lowest BCUT2D eigenvalue weighted by Crippen LogP contribution is -2.33. The minimum Gasteiger partial charge on any atom is -0.372 e. The number of carbonyl (C=O) groups is 1. The fourth-order valence-electron chi connectivity index (χ4n) is 3.66. The Morgan fingerprint density at radius 3 is 2.80 bits per heavy atom. The van der Waals surface area contributed by atoms with Crippen LogP contribution in [0.2, 0.25) is 0 Å². The number of ether oxygens (including phenoxy) is 1. The van der Waals surface area contributed by atoms with E-state index in [4.69, 9.17) is 4.74 Å². The summed E-state index contributed by atoms with van der Waals surface area (Å²) in [6, 6.07) is 14.5. The first kappa shape index (κ1) is 16.3. The lowest BCUT2D eigenvalue weighted by Gasteiger charge is -2.28. The second kappa shape index (κ2) is 7.38. The molecule has 0 atom stereocenters. The molecule has 0 radical (unpaired) electrons. The number of carbonyl (C=O) groups excluding carboxylic acids is 1. The van der Waals surface area contributed by atoms with Gasteiger partial charge in [0.05, 0.1) is 13.2 Å². The molecule has 0 fully saturated rings. The number of rotatable bonds is 5. The van der Waals surface area contributed by atoms with Crippen molar-refractivity contribution in [2.75, 3.05) is 19.6 Å². The molecule has 25 heavy (non-hydrogen) atoms. The molecule has 2 aromatic rings. The van der Waals surface area contributed by atoms with Crippen LogP contribution < -0.4 is 5.32 Å². The van der Waals surface area contributed by atoms with E-state index >= 15 is 0 Å². The summed E-state index contributed by atoms with van der Waals surface area (Å²) in [6.07, 6.45) is 2.10. The van der Waals surface area contributed by atoms with Crippen molar-refractivity contribution >= 4 is 5.91 Å². The van der Waals surface area contributed by atoms with Gasteiger partial charge in [-0.1, -0.05) is 30.3 Å². The summed E-state index contributed by atoms with van der Waals surface area (Å²) in [7, 11) is 0. The molecule has 2 heterocycles. The van der Waals surface area contributed by atoms with Crippen LogP contribution in [0.5, 0.6) is 0 Å². The molecule has 0 saturated carbocycles. The number of benzene rings is 2. The second-order valence-corrected chi connectivity index (χ2v) is 6.88. The van der Waals surface area contributed by atoms with Crippen molar-refractivity contribution in [1.29, 1.82) is 0 Å². The molecule has 0 spiro atoms. The van der Waals surface area contributed by atoms with Crippen LogP contribution in [0.25, 0.3) is 0 Å². The van der Waals surface area contributed by atoms with Crippen molar-refractivity contribution in [2.45, 2.75) is 32.6 Å². The monoisotopic (exact) mass is 336 g/mol. The summed E-state index contributed by atoms with van der Waals surface area (Å²) in [5.41, 5.74) is 5.99. The fraction of sp³-hybridized carbons (Fsp3) is 0.381. The molecule has 2 aliphatic rings. The highest BCUT2D eigenvalue weighted by atomic mass is 16.5. The van der Waals surface area contributed by atoms with Gasteiger partial charge in [0.25, 0.3) is 5.91 Å². The smallest absolute Gasteiger partial charge is 0.251 e. The van der Waals surface area contributed by atoms with Gasteiger partial charge in [-0.15, -0.1) is 0 Å². The predicted molar refractivity (Wildman–Crippen MR) is 97.3 cm³/mol. The van der Waals surface area contributed by atoms with Crippen LogP contribution in [0.15, 0.2) is 42.5 Å². The van der Waals surface area contributed by atoms with Gasteiger partial charge in [0.1, 0.15) is 0 Å². The van der Waals surface area contributed by atoms with Gasteiger partial charge in [0.15, 0.2) is 0 Å². The molecule has 130 valence electrons. The summed E-state index contributed by atoms with van der Waals surface area (Å²) >= 11 is 0. The maximum absolute atomic E-state index is 12.3. The quantitative estimate of drug-likeness (QED) is 0.854. The lowest BCUT2D eigenvalue weighted by molar-refractivity contribution is 0.0951. The van der Waals surface area contributed by atoms with Gasteiger partial charge >= 0.3 is 0 Å². The zero-order chi connectivity index (χ0) is 17.1. The SMILES string of the molecule is O=C(NCCCN1CCc2ccccc2C1)c1ccc2c(c1)COC2. The molecule has 0 aromatic heterocycles. The van der Waals surface area contributed by atoms with Crippen LogP contribution in [0.4, 0.5) is 0 Å². The van der Waals surface area contributed by atoms with E-state index < -0.39 is 0 Å². The fourth-order valence-corrected chi connectivity index (χ4v) is 3.66. The Morgan fingerprint density at radius 2 is 1.88 bits per heavy atom. The van der Waals surface area contributed by atoms with Gasteiger partial charge in [-0.05, 0) is 47.2 Å². The van der Waals surface area contributed by atoms with Crippen molar-refractivity contribution < 1.29 is 9.53 Å². The molecule has 4 nitrogen and oxygen atoms in total. The molecule has 0 aliphatic carbocycles. The molecule has 2 aromatic carbocycles. The van der Waals surface area contributed by atoms with E-state index in [-0.39, 0.29) is 5.91 Å². The van der Waals surface area contributed by atoms with Crippen molar-refractivity contribution in [3.8, 4) is 0 Å². The third-order valence-electron chi connectivity index (χ3n) is 5.13. The van der Waals surface area contributed by atoms with Crippen LogP contribution in [-0.4, -0.2) is 30.4 Å².